The predicted molar refractivity (Wildman–Crippen MR) is 77.3 cm³/mol. The third-order valence-corrected chi connectivity index (χ3v) is 4.50. The lowest BCUT2D eigenvalue weighted by Crippen LogP contribution is -2.35. The largest absolute Gasteiger partial charge is 0.369 e. The molecule has 1 atom stereocenters. The van der Waals surface area contributed by atoms with Crippen molar-refractivity contribution in [2.24, 2.45) is 5.41 Å². The topological polar surface area (TPSA) is 15.3 Å². The van der Waals surface area contributed by atoms with E-state index >= 15 is 0 Å². The van der Waals surface area contributed by atoms with E-state index in [2.05, 4.69) is 49.2 Å². The molecule has 2 heteroatoms. The van der Waals surface area contributed by atoms with Gasteiger partial charge in [0.2, 0.25) is 0 Å². The summed E-state index contributed by atoms with van der Waals surface area (Å²) in [7, 11) is 0. The van der Waals surface area contributed by atoms with Crippen molar-refractivity contribution >= 4 is 5.69 Å². The molecule has 98 valence electrons. The molecule has 0 bridgehead atoms. The quantitative estimate of drug-likeness (QED) is 0.817. The number of anilines is 1. The molecule has 1 aromatic carbocycles. The molecule has 1 saturated heterocycles. The third-order valence-electron chi connectivity index (χ3n) is 4.50. The van der Waals surface area contributed by atoms with Crippen LogP contribution in [-0.4, -0.2) is 25.7 Å². The summed E-state index contributed by atoms with van der Waals surface area (Å²) < 4.78 is 0. The molecular formula is C16H24N2. The highest BCUT2D eigenvalue weighted by atomic mass is 15.2. The Hall–Kier alpha value is -1.02. The van der Waals surface area contributed by atoms with Crippen LogP contribution in [0.1, 0.15) is 30.9 Å². The number of hydrogen-bond donors (Lipinski definition) is 1. The second-order valence-electron chi connectivity index (χ2n) is 6.45. The van der Waals surface area contributed by atoms with Crippen molar-refractivity contribution in [1.29, 1.82) is 0 Å². The van der Waals surface area contributed by atoms with Crippen LogP contribution >= 0.6 is 0 Å². The Morgan fingerprint density at radius 3 is 2.72 bits per heavy atom. The summed E-state index contributed by atoms with van der Waals surface area (Å²) in [6.07, 6.45) is 2.79. The average molecular weight is 244 g/mol. The van der Waals surface area contributed by atoms with E-state index in [0.29, 0.717) is 11.5 Å². The normalized spacial score (nSPS) is 26.2. The predicted octanol–water partition coefficient (Wildman–Crippen LogP) is 2.88. The maximum atomic E-state index is 3.69. The first kappa shape index (κ1) is 12.0. The Morgan fingerprint density at radius 1 is 1.28 bits per heavy atom. The first-order chi connectivity index (χ1) is 8.58. The Kier molecular flexibility index (Phi) is 2.86. The highest BCUT2D eigenvalue weighted by Crippen LogP contribution is 2.47. The van der Waals surface area contributed by atoms with E-state index < -0.39 is 0 Å². The van der Waals surface area contributed by atoms with Gasteiger partial charge in [0.25, 0.3) is 0 Å². The number of nitrogens with one attached hydrogen (secondary N) is 1. The average Bonchev–Trinajstić information content (AvgIpc) is 3.08. The van der Waals surface area contributed by atoms with Gasteiger partial charge < -0.3 is 10.2 Å². The lowest BCUT2D eigenvalue weighted by molar-refractivity contribution is 0.479. The number of rotatable bonds is 1. The SMILES string of the molecule is Cc1ccc(N2CC(C)NCC3(CC3)C2)c(C)c1. The second-order valence-corrected chi connectivity index (χ2v) is 6.45. The van der Waals surface area contributed by atoms with Gasteiger partial charge in [-0.05, 0) is 45.2 Å². The highest BCUT2D eigenvalue weighted by molar-refractivity contribution is 5.55. The zero-order valence-electron chi connectivity index (χ0n) is 11.8. The second kappa shape index (κ2) is 4.27. The van der Waals surface area contributed by atoms with Gasteiger partial charge in [-0.2, -0.15) is 0 Å². The van der Waals surface area contributed by atoms with Crippen molar-refractivity contribution < 1.29 is 0 Å². The van der Waals surface area contributed by atoms with E-state index in [1.54, 1.807) is 0 Å². The van der Waals surface area contributed by atoms with Crippen molar-refractivity contribution in [3.8, 4) is 0 Å². The minimum absolute atomic E-state index is 0.572. The van der Waals surface area contributed by atoms with Gasteiger partial charge in [0, 0.05) is 36.8 Å². The van der Waals surface area contributed by atoms with E-state index in [4.69, 9.17) is 0 Å². The van der Waals surface area contributed by atoms with Gasteiger partial charge in [0.05, 0.1) is 0 Å². The summed E-state index contributed by atoms with van der Waals surface area (Å²) in [5.41, 5.74) is 4.78. The van der Waals surface area contributed by atoms with E-state index in [9.17, 15) is 0 Å². The zero-order valence-corrected chi connectivity index (χ0v) is 11.8. The summed E-state index contributed by atoms with van der Waals surface area (Å²) in [4.78, 5) is 2.60. The van der Waals surface area contributed by atoms with Gasteiger partial charge in [0.1, 0.15) is 0 Å². The van der Waals surface area contributed by atoms with Crippen LogP contribution in [0.4, 0.5) is 5.69 Å². The monoisotopic (exact) mass is 244 g/mol. The van der Waals surface area contributed by atoms with Gasteiger partial charge in [0.15, 0.2) is 0 Å². The van der Waals surface area contributed by atoms with Crippen molar-refractivity contribution in [3.05, 3.63) is 29.3 Å². The number of benzene rings is 1. The maximum absolute atomic E-state index is 3.69. The molecule has 0 radical (unpaired) electrons. The first-order valence-electron chi connectivity index (χ1n) is 7.14. The van der Waals surface area contributed by atoms with Crippen LogP contribution in [-0.2, 0) is 0 Å². The molecule has 2 aliphatic rings. The van der Waals surface area contributed by atoms with Crippen molar-refractivity contribution in [2.75, 3.05) is 24.5 Å². The zero-order chi connectivity index (χ0) is 12.8. The van der Waals surface area contributed by atoms with Crippen LogP contribution in [0.25, 0.3) is 0 Å². The molecule has 1 spiro atoms. The lowest BCUT2D eigenvalue weighted by Gasteiger charge is -2.28. The Balaban J connectivity index is 1.88. The van der Waals surface area contributed by atoms with E-state index in [-0.39, 0.29) is 0 Å². The van der Waals surface area contributed by atoms with Gasteiger partial charge in [-0.25, -0.2) is 0 Å². The van der Waals surface area contributed by atoms with E-state index in [1.807, 2.05) is 0 Å². The maximum Gasteiger partial charge on any atom is 0.0396 e. The molecule has 1 aromatic rings. The number of hydrogen-bond acceptors (Lipinski definition) is 2. The molecule has 18 heavy (non-hydrogen) atoms. The fourth-order valence-corrected chi connectivity index (χ4v) is 3.17. The van der Waals surface area contributed by atoms with Crippen molar-refractivity contribution in [2.45, 2.75) is 39.7 Å². The lowest BCUT2D eigenvalue weighted by atomic mass is 10.1. The molecule has 3 rings (SSSR count). The summed E-state index contributed by atoms with van der Waals surface area (Å²) in [5.74, 6) is 0. The van der Waals surface area contributed by atoms with E-state index in [1.165, 1.54) is 42.7 Å². The van der Waals surface area contributed by atoms with Crippen LogP contribution in [0.3, 0.4) is 0 Å². The standard InChI is InChI=1S/C16H24N2/c1-12-4-5-15(13(2)8-12)18-9-14(3)17-10-16(11-18)6-7-16/h4-5,8,14,17H,6-7,9-11H2,1-3H3. The van der Waals surface area contributed by atoms with Crippen LogP contribution in [0.2, 0.25) is 0 Å². The number of nitrogens with zero attached hydrogens (tertiary/aromatic N) is 1. The van der Waals surface area contributed by atoms with Gasteiger partial charge in [-0.1, -0.05) is 17.7 Å². The molecule has 2 nitrogen and oxygen atoms in total. The van der Waals surface area contributed by atoms with Crippen molar-refractivity contribution in [1.82, 2.24) is 5.32 Å². The van der Waals surface area contributed by atoms with Crippen LogP contribution < -0.4 is 10.2 Å². The van der Waals surface area contributed by atoms with Crippen LogP contribution in [0, 0.1) is 19.3 Å². The van der Waals surface area contributed by atoms with Gasteiger partial charge >= 0.3 is 0 Å². The fraction of sp³-hybridized carbons (Fsp3) is 0.625. The molecule has 0 amide bonds. The molecule has 1 aliphatic heterocycles. The molecule has 1 unspecified atom stereocenters. The fourth-order valence-electron chi connectivity index (χ4n) is 3.17. The smallest absolute Gasteiger partial charge is 0.0396 e. The molecule has 1 saturated carbocycles. The van der Waals surface area contributed by atoms with Crippen LogP contribution in [0.5, 0.6) is 0 Å². The summed E-state index contributed by atoms with van der Waals surface area (Å²) >= 11 is 0. The van der Waals surface area contributed by atoms with Gasteiger partial charge in [-0.3, -0.25) is 0 Å². The Labute approximate surface area is 110 Å². The minimum Gasteiger partial charge on any atom is -0.369 e. The third kappa shape index (κ3) is 2.26. The highest BCUT2D eigenvalue weighted by Gasteiger charge is 2.45. The van der Waals surface area contributed by atoms with Gasteiger partial charge in [-0.15, -0.1) is 0 Å². The molecule has 0 aromatic heterocycles. The molecule has 1 N–H and O–H groups in total. The summed E-state index contributed by atoms with van der Waals surface area (Å²) in [6, 6.07) is 7.44. The number of aryl methyl sites for hydroxylation is 2. The minimum atomic E-state index is 0.572. The van der Waals surface area contributed by atoms with Crippen LogP contribution in [0.15, 0.2) is 18.2 Å². The molecule has 1 aliphatic carbocycles. The Bertz CT molecular complexity index is 448. The molecular weight excluding hydrogens is 220 g/mol. The first-order valence-corrected chi connectivity index (χ1v) is 7.14. The van der Waals surface area contributed by atoms with Crippen molar-refractivity contribution in [3.63, 3.8) is 0 Å². The summed E-state index contributed by atoms with van der Waals surface area (Å²) in [5, 5.41) is 3.69. The Morgan fingerprint density at radius 2 is 2.06 bits per heavy atom. The molecule has 2 fully saturated rings. The molecule has 1 heterocycles. The van der Waals surface area contributed by atoms with E-state index in [0.717, 1.165) is 6.54 Å². The summed E-state index contributed by atoms with van der Waals surface area (Å²) in [6.45, 7) is 10.3.